The number of rotatable bonds is 4. The van der Waals surface area contributed by atoms with Gasteiger partial charge < -0.3 is 4.57 Å². The van der Waals surface area contributed by atoms with Crippen molar-refractivity contribution in [2.45, 2.75) is 38.8 Å². The second kappa shape index (κ2) is 8.00. The minimum Gasteiger partial charge on any atom is -0.342 e. The highest BCUT2D eigenvalue weighted by Gasteiger charge is 2.35. The van der Waals surface area contributed by atoms with Crippen molar-refractivity contribution in [3.63, 3.8) is 0 Å². The number of nitrogens with one attached hydrogen (secondary N) is 1. The number of aromatic nitrogens is 1. The second-order valence-electron chi connectivity index (χ2n) is 8.26. The summed E-state index contributed by atoms with van der Waals surface area (Å²) in [7, 11) is 0. The molecule has 0 saturated heterocycles. The van der Waals surface area contributed by atoms with Gasteiger partial charge in [-0.15, -0.1) is 0 Å². The highest BCUT2D eigenvalue weighted by atomic mass is 79.9. The maximum atomic E-state index is 12.6. The molecular weight excluding hydrogens is 440 g/mol. The Hall–Kier alpha value is -2.44. The Morgan fingerprint density at radius 1 is 1.27 bits per heavy atom. The summed E-state index contributed by atoms with van der Waals surface area (Å²) in [6, 6.07) is 14.9. The van der Waals surface area contributed by atoms with Crippen LogP contribution < -0.4 is 5.43 Å². The van der Waals surface area contributed by atoms with Gasteiger partial charge in [-0.25, -0.2) is 5.43 Å². The van der Waals surface area contributed by atoms with Crippen molar-refractivity contribution in [1.82, 2.24) is 14.9 Å². The molecule has 154 valence electrons. The fourth-order valence-electron chi connectivity index (χ4n) is 4.97. The van der Waals surface area contributed by atoms with Crippen LogP contribution in [0.5, 0.6) is 0 Å². The van der Waals surface area contributed by atoms with Gasteiger partial charge in [0.05, 0.1) is 18.8 Å². The average Bonchev–Trinajstić information content (AvgIpc) is 3.05. The zero-order valence-electron chi connectivity index (χ0n) is 17.1. The van der Waals surface area contributed by atoms with Gasteiger partial charge in [0.15, 0.2) is 0 Å². The molecule has 1 aromatic heterocycles. The van der Waals surface area contributed by atoms with Crippen LogP contribution in [0, 0.1) is 6.92 Å². The van der Waals surface area contributed by atoms with E-state index in [1.54, 1.807) is 6.21 Å². The first-order chi connectivity index (χ1) is 14.6. The van der Waals surface area contributed by atoms with E-state index in [4.69, 9.17) is 0 Å². The predicted octanol–water partition coefficient (Wildman–Crippen LogP) is 4.56. The Bertz CT molecular complexity index is 1150. The zero-order valence-corrected chi connectivity index (χ0v) is 18.7. The van der Waals surface area contributed by atoms with Crippen LogP contribution in [-0.2, 0) is 17.8 Å². The van der Waals surface area contributed by atoms with Crippen LogP contribution in [0.2, 0.25) is 0 Å². The van der Waals surface area contributed by atoms with Crippen molar-refractivity contribution in [2.75, 3.05) is 13.1 Å². The molecule has 0 radical (unpaired) electrons. The maximum Gasteiger partial charge on any atom is 0.254 e. The second-order valence-corrected chi connectivity index (χ2v) is 9.18. The van der Waals surface area contributed by atoms with Crippen molar-refractivity contribution < 1.29 is 4.79 Å². The number of amides is 1. The standard InChI is InChI=1S/C24H25BrN4O/c1-16-8-9-21-20(12-16)19-6-3-7-22-24(19)29(21)11-10-28(22)15-23(30)27-26-14-17-4-2-5-18(25)13-17/h2,4-5,8-9,12-14,22H,3,6-7,10-11,15H2,1H3,(H,27,30)/b26-14+. The molecule has 1 aliphatic heterocycles. The summed E-state index contributed by atoms with van der Waals surface area (Å²) in [6.45, 7) is 4.35. The molecule has 1 atom stereocenters. The molecule has 30 heavy (non-hydrogen) atoms. The van der Waals surface area contributed by atoms with Gasteiger partial charge in [-0.3, -0.25) is 9.69 Å². The maximum absolute atomic E-state index is 12.6. The monoisotopic (exact) mass is 464 g/mol. The number of fused-ring (bicyclic) bond motifs is 3. The topological polar surface area (TPSA) is 49.6 Å². The Morgan fingerprint density at radius 3 is 3.03 bits per heavy atom. The Morgan fingerprint density at radius 2 is 2.17 bits per heavy atom. The van der Waals surface area contributed by atoms with Crippen LogP contribution in [0.15, 0.2) is 52.0 Å². The molecule has 0 bridgehead atoms. The van der Waals surface area contributed by atoms with E-state index in [2.05, 4.69) is 61.0 Å². The normalized spacial score (nSPS) is 18.7. The van der Waals surface area contributed by atoms with Gasteiger partial charge in [0.25, 0.3) is 5.91 Å². The molecule has 2 aliphatic rings. The number of hydrogen-bond acceptors (Lipinski definition) is 3. The number of nitrogens with zero attached hydrogens (tertiary/aromatic N) is 3. The number of halogens is 1. The molecular formula is C24H25BrN4O. The molecule has 0 saturated carbocycles. The molecule has 0 spiro atoms. The molecule has 1 unspecified atom stereocenters. The minimum absolute atomic E-state index is 0.0613. The van der Waals surface area contributed by atoms with Gasteiger partial charge in [-0.2, -0.15) is 5.10 Å². The molecule has 5 rings (SSSR count). The number of carbonyl (C=O) groups excluding carboxylic acids is 1. The number of hydrogen-bond donors (Lipinski definition) is 1. The van der Waals surface area contributed by atoms with Crippen molar-refractivity contribution in [3.8, 4) is 0 Å². The third kappa shape index (κ3) is 3.59. The Kier molecular flexibility index (Phi) is 5.21. The van der Waals surface area contributed by atoms with Gasteiger partial charge in [0.1, 0.15) is 0 Å². The lowest BCUT2D eigenvalue weighted by Gasteiger charge is -2.39. The van der Waals surface area contributed by atoms with Gasteiger partial charge in [0, 0.05) is 34.2 Å². The quantitative estimate of drug-likeness (QED) is 0.454. The first-order valence-electron chi connectivity index (χ1n) is 10.5. The summed E-state index contributed by atoms with van der Waals surface area (Å²) in [5, 5.41) is 5.54. The first-order valence-corrected chi connectivity index (χ1v) is 11.3. The predicted molar refractivity (Wildman–Crippen MR) is 124 cm³/mol. The summed E-state index contributed by atoms with van der Waals surface area (Å²) in [5.74, 6) is -0.0613. The van der Waals surface area contributed by atoms with E-state index in [1.807, 2.05) is 24.3 Å². The molecule has 1 N–H and O–H groups in total. The average molecular weight is 465 g/mol. The van der Waals surface area contributed by atoms with E-state index in [0.717, 1.165) is 36.0 Å². The largest absolute Gasteiger partial charge is 0.342 e. The van der Waals surface area contributed by atoms with E-state index in [-0.39, 0.29) is 5.91 Å². The van der Waals surface area contributed by atoms with E-state index >= 15 is 0 Å². The van der Waals surface area contributed by atoms with Crippen LogP contribution in [-0.4, -0.2) is 34.7 Å². The first kappa shape index (κ1) is 19.5. The molecule has 3 aromatic rings. The van der Waals surface area contributed by atoms with Gasteiger partial charge in [0.2, 0.25) is 0 Å². The Labute approximate surface area is 184 Å². The van der Waals surface area contributed by atoms with Crippen LogP contribution in [0.3, 0.4) is 0 Å². The lowest BCUT2D eigenvalue weighted by atomic mass is 9.89. The lowest BCUT2D eigenvalue weighted by molar-refractivity contribution is -0.123. The fourth-order valence-corrected chi connectivity index (χ4v) is 5.38. The summed E-state index contributed by atoms with van der Waals surface area (Å²) in [4.78, 5) is 14.9. The summed E-state index contributed by atoms with van der Waals surface area (Å²) in [6.07, 6.45) is 5.09. The third-order valence-electron chi connectivity index (χ3n) is 6.24. The van der Waals surface area contributed by atoms with Crippen LogP contribution >= 0.6 is 15.9 Å². The zero-order chi connectivity index (χ0) is 20.7. The fraction of sp³-hybridized carbons (Fsp3) is 0.333. The molecule has 1 amide bonds. The van der Waals surface area contributed by atoms with Gasteiger partial charge in [-0.1, -0.05) is 39.7 Å². The number of aryl methyl sites for hydroxylation is 2. The molecule has 2 aromatic carbocycles. The van der Waals surface area contributed by atoms with Crippen molar-refractivity contribution >= 4 is 39.0 Å². The Balaban J connectivity index is 1.33. The van der Waals surface area contributed by atoms with Crippen molar-refractivity contribution in [1.29, 1.82) is 0 Å². The van der Waals surface area contributed by atoms with E-state index in [1.165, 1.54) is 34.1 Å². The number of carbonyl (C=O) groups is 1. The smallest absolute Gasteiger partial charge is 0.254 e. The van der Waals surface area contributed by atoms with E-state index in [0.29, 0.717) is 12.6 Å². The SMILES string of the molecule is Cc1ccc2c(c1)c1c3n2CCN(CC(=O)N/N=C/c2cccc(Br)c2)C3CCC1. The molecule has 5 nitrogen and oxygen atoms in total. The summed E-state index contributed by atoms with van der Waals surface area (Å²) >= 11 is 3.45. The molecule has 1 aliphatic carbocycles. The minimum atomic E-state index is -0.0613. The summed E-state index contributed by atoms with van der Waals surface area (Å²) < 4.78 is 3.48. The van der Waals surface area contributed by atoms with Crippen molar-refractivity contribution in [3.05, 3.63) is 69.3 Å². The van der Waals surface area contributed by atoms with Gasteiger partial charge in [-0.05, 0) is 61.6 Å². The third-order valence-corrected chi connectivity index (χ3v) is 6.73. The highest BCUT2D eigenvalue weighted by molar-refractivity contribution is 9.10. The van der Waals surface area contributed by atoms with E-state index in [9.17, 15) is 4.79 Å². The number of hydrazone groups is 1. The van der Waals surface area contributed by atoms with Gasteiger partial charge >= 0.3 is 0 Å². The molecule has 2 heterocycles. The summed E-state index contributed by atoms with van der Waals surface area (Å²) in [5.41, 5.74) is 9.22. The highest BCUT2D eigenvalue weighted by Crippen LogP contribution is 2.42. The van der Waals surface area contributed by atoms with Crippen LogP contribution in [0.25, 0.3) is 10.9 Å². The van der Waals surface area contributed by atoms with E-state index < -0.39 is 0 Å². The molecule has 0 fully saturated rings. The number of benzene rings is 2. The molecule has 6 heteroatoms. The van der Waals surface area contributed by atoms with Crippen LogP contribution in [0.4, 0.5) is 0 Å². The van der Waals surface area contributed by atoms with Crippen LogP contribution in [0.1, 0.15) is 41.3 Å². The lowest BCUT2D eigenvalue weighted by Crippen LogP contribution is -2.44. The van der Waals surface area contributed by atoms with Crippen molar-refractivity contribution in [2.24, 2.45) is 5.10 Å².